The van der Waals surface area contributed by atoms with Crippen molar-refractivity contribution in [3.05, 3.63) is 54.1 Å². The van der Waals surface area contributed by atoms with Crippen molar-refractivity contribution in [2.45, 2.75) is 35.7 Å². The molecule has 2 fully saturated rings. The first kappa shape index (κ1) is 17.9. The molecule has 1 spiro atoms. The quantitative estimate of drug-likeness (QED) is 0.778. The van der Waals surface area contributed by atoms with Gasteiger partial charge in [0.05, 0.1) is 18.4 Å². The Kier molecular flexibility index (Phi) is 4.77. The van der Waals surface area contributed by atoms with Gasteiger partial charge in [-0.15, -0.1) is 11.8 Å². The van der Waals surface area contributed by atoms with Gasteiger partial charge in [0.1, 0.15) is 4.90 Å². The number of sulfonamides is 1. The van der Waals surface area contributed by atoms with Gasteiger partial charge >= 0.3 is 0 Å². The van der Waals surface area contributed by atoms with Crippen LogP contribution in [0.1, 0.15) is 17.8 Å². The normalized spacial score (nSPS) is 22.4. The number of thioether (sulfide) groups is 1. The minimum Gasteiger partial charge on any atom is -0.371 e. The average molecular weight is 392 g/mol. The molecule has 2 aliphatic heterocycles. The molecule has 0 radical (unpaired) electrons. The fourth-order valence-electron chi connectivity index (χ4n) is 3.43. The molecule has 138 valence electrons. The summed E-state index contributed by atoms with van der Waals surface area (Å²) in [6, 6.07) is 9.16. The Morgan fingerprint density at radius 3 is 2.88 bits per heavy atom. The van der Waals surface area contributed by atoms with Gasteiger partial charge < -0.3 is 4.74 Å². The number of pyridine rings is 2. The lowest BCUT2D eigenvalue weighted by Crippen LogP contribution is -2.60. The van der Waals surface area contributed by atoms with E-state index >= 15 is 0 Å². The summed E-state index contributed by atoms with van der Waals surface area (Å²) < 4.78 is 32.8. The van der Waals surface area contributed by atoms with Gasteiger partial charge in [0.2, 0.25) is 10.0 Å². The molecule has 0 aromatic carbocycles. The molecule has 2 aliphatic rings. The van der Waals surface area contributed by atoms with Crippen molar-refractivity contribution < 1.29 is 13.2 Å². The number of ether oxygens (including phenoxy) is 1. The molecule has 4 heterocycles. The fourth-order valence-corrected chi connectivity index (χ4v) is 6.72. The Bertz CT molecular complexity index is 884. The van der Waals surface area contributed by atoms with Crippen LogP contribution in [0.4, 0.5) is 0 Å². The third-order valence-electron chi connectivity index (χ3n) is 4.79. The van der Waals surface area contributed by atoms with E-state index in [2.05, 4.69) is 9.97 Å². The molecule has 4 rings (SSSR count). The summed E-state index contributed by atoms with van der Waals surface area (Å²) >= 11 is 1.83. The second-order valence-electron chi connectivity index (χ2n) is 6.86. The molecule has 2 aromatic rings. The van der Waals surface area contributed by atoms with Crippen LogP contribution < -0.4 is 0 Å². The Labute approximate surface area is 158 Å². The first-order chi connectivity index (χ1) is 12.5. The standard InChI is InChI=1S/C18H21N3O3S2/c1-14-4-2-5-15(20-14)10-24-16-8-18(25-11-16)12-21(13-18)26(22,23)17-6-3-7-19-9-17/h2-7,9,16H,8,10-13H2,1H3. The highest BCUT2D eigenvalue weighted by Crippen LogP contribution is 2.47. The van der Waals surface area contributed by atoms with Crippen LogP contribution >= 0.6 is 11.8 Å². The number of rotatable bonds is 5. The number of aromatic nitrogens is 2. The minimum absolute atomic E-state index is 0.0139. The van der Waals surface area contributed by atoms with Crippen molar-refractivity contribution in [3.8, 4) is 0 Å². The zero-order chi connectivity index (χ0) is 18.2. The van der Waals surface area contributed by atoms with Gasteiger partial charge in [-0.25, -0.2) is 8.42 Å². The Balaban J connectivity index is 1.32. The molecule has 0 saturated carbocycles. The molecule has 8 heteroatoms. The van der Waals surface area contributed by atoms with Gasteiger partial charge in [0.25, 0.3) is 0 Å². The Hall–Kier alpha value is -1.48. The lowest BCUT2D eigenvalue weighted by molar-refractivity contribution is 0.0380. The van der Waals surface area contributed by atoms with Crippen molar-refractivity contribution in [2.75, 3.05) is 18.8 Å². The van der Waals surface area contributed by atoms with Crippen LogP contribution in [0.2, 0.25) is 0 Å². The predicted molar refractivity (Wildman–Crippen MR) is 100 cm³/mol. The highest BCUT2D eigenvalue weighted by Gasteiger charge is 2.53. The lowest BCUT2D eigenvalue weighted by atomic mass is 9.95. The summed E-state index contributed by atoms with van der Waals surface area (Å²) in [5, 5.41) is 0. The molecule has 0 N–H and O–H groups in total. The third kappa shape index (κ3) is 3.51. The maximum Gasteiger partial charge on any atom is 0.244 e. The van der Waals surface area contributed by atoms with Crippen LogP contribution in [0.25, 0.3) is 0 Å². The molecule has 6 nitrogen and oxygen atoms in total. The predicted octanol–water partition coefficient (Wildman–Crippen LogP) is 2.25. The Morgan fingerprint density at radius 2 is 2.15 bits per heavy atom. The number of hydrogen-bond acceptors (Lipinski definition) is 6. The lowest BCUT2D eigenvalue weighted by Gasteiger charge is -2.46. The van der Waals surface area contributed by atoms with Crippen LogP contribution in [-0.4, -0.2) is 52.4 Å². The second kappa shape index (κ2) is 6.92. The van der Waals surface area contributed by atoms with Gasteiger partial charge in [0.15, 0.2) is 0 Å². The van der Waals surface area contributed by atoms with Gasteiger partial charge in [-0.05, 0) is 37.6 Å². The summed E-state index contributed by atoms with van der Waals surface area (Å²) in [7, 11) is -3.44. The molecule has 26 heavy (non-hydrogen) atoms. The highest BCUT2D eigenvalue weighted by atomic mass is 32.2. The van der Waals surface area contributed by atoms with E-state index in [0.717, 1.165) is 23.6 Å². The van der Waals surface area contributed by atoms with E-state index in [0.29, 0.717) is 19.7 Å². The van der Waals surface area contributed by atoms with Gasteiger partial charge in [-0.2, -0.15) is 4.31 Å². The van der Waals surface area contributed by atoms with E-state index in [4.69, 9.17) is 4.74 Å². The smallest absolute Gasteiger partial charge is 0.244 e. The number of nitrogens with zero attached hydrogens (tertiary/aromatic N) is 3. The second-order valence-corrected chi connectivity index (χ2v) is 10.3. The largest absolute Gasteiger partial charge is 0.371 e. The van der Waals surface area contributed by atoms with Crippen molar-refractivity contribution in [2.24, 2.45) is 0 Å². The summed E-state index contributed by atoms with van der Waals surface area (Å²) in [6.07, 6.45) is 4.01. The molecular formula is C18H21N3O3S2. The maximum absolute atomic E-state index is 12.6. The van der Waals surface area contributed by atoms with Gasteiger partial charge in [-0.1, -0.05) is 6.07 Å². The van der Waals surface area contributed by atoms with Crippen molar-refractivity contribution in [1.29, 1.82) is 0 Å². The third-order valence-corrected chi connectivity index (χ3v) is 8.14. The molecule has 1 atom stereocenters. The zero-order valence-electron chi connectivity index (χ0n) is 14.5. The van der Waals surface area contributed by atoms with E-state index < -0.39 is 10.0 Å². The number of aryl methyl sites for hydroxylation is 1. The summed E-state index contributed by atoms with van der Waals surface area (Å²) in [4.78, 5) is 8.63. The summed E-state index contributed by atoms with van der Waals surface area (Å²) in [6.45, 7) is 3.55. The zero-order valence-corrected chi connectivity index (χ0v) is 16.2. The van der Waals surface area contributed by atoms with Gasteiger partial charge in [0, 0.05) is 41.7 Å². The SMILES string of the molecule is Cc1cccc(COC2CSC3(C2)CN(S(=O)(=O)c2cccnc2)C3)n1. The van der Waals surface area contributed by atoms with E-state index in [-0.39, 0.29) is 15.7 Å². The minimum atomic E-state index is -3.44. The molecule has 0 aliphatic carbocycles. The maximum atomic E-state index is 12.6. The molecule has 0 bridgehead atoms. The molecule has 2 aromatic heterocycles. The molecule has 2 saturated heterocycles. The monoisotopic (exact) mass is 391 g/mol. The first-order valence-electron chi connectivity index (χ1n) is 8.55. The van der Waals surface area contributed by atoms with Crippen molar-refractivity contribution in [3.63, 3.8) is 0 Å². The molecule has 0 amide bonds. The number of hydrogen-bond donors (Lipinski definition) is 0. The average Bonchev–Trinajstić information content (AvgIpc) is 3.04. The van der Waals surface area contributed by atoms with E-state index in [1.807, 2.05) is 36.9 Å². The van der Waals surface area contributed by atoms with Crippen molar-refractivity contribution >= 4 is 21.8 Å². The van der Waals surface area contributed by atoms with Crippen LogP contribution in [0.3, 0.4) is 0 Å². The summed E-state index contributed by atoms with van der Waals surface area (Å²) in [5.41, 5.74) is 1.92. The van der Waals surface area contributed by atoms with Crippen LogP contribution in [0, 0.1) is 6.92 Å². The topological polar surface area (TPSA) is 72.4 Å². The molecular weight excluding hydrogens is 370 g/mol. The Morgan fingerprint density at radius 1 is 1.31 bits per heavy atom. The summed E-state index contributed by atoms with van der Waals surface area (Å²) in [5.74, 6) is 0.895. The van der Waals surface area contributed by atoms with E-state index in [1.54, 1.807) is 22.6 Å². The van der Waals surface area contributed by atoms with Crippen LogP contribution in [0.15, 0.2) is 47.6 Å². The van der Waals surface area contributed by atoms with E-state index in [9.17, 15) is 8.42 Å². The van der Waals surface area contributed by atoms with E-state index in [1.165, 1.54) is 6.20 Å². The molecule has 1 unspecified atom stereocenters. The first-order valence-corrected chi connectivity index (χ1v) is 11.0. The highest BCUT2D eigenvalue weighted by molar-refractivity contribution is 8.01. The van der Waals surface area contributed by atoms with Crippen molar-refractivity contribution in [1.82, 2.24) is 14.3 Å². The van der Waals surface area contributed by atoms with Crippen LogP contribution in [0.5, 0.6) is 0 Å². The fraction of sp³-hybridized carbons (Fsp3) is 0.444. The van der Waals surface area contributed by atoms with Gasteiger partial charge in [-0.3, -0.25) is 9.97 Å². The van der Waals surface area contributed by atoms with Crippen LogP contribution in [-0.2, 0) is 21.4 Å².